The molecule has 2 aromatic rings. The molecule has 0 unspecified atom stereocenters. The van der Waals surface area contributed by atoms with Gasteiger partial charge < -0.3 is 19.7 Å². The molecule has 0 aliphatic carbocycles. The van der Waals surface area contributed by atoms with Crippen molar-refractivity contribution in [3.63, 3.8) is 0 Å². The number of ether oxygens (including phenoxy) is 1. The Morgan fingerprint density at radius 1 is 1.34 bits per heavy atom. The predicted molar refractivity (Wildman–Crippen MR) is 122 cm³/mol. The van der Waals surface area contributed by atoms with Crippen LogP contribution < -0.4 is 0 Å². The van der Waals surface area contributed by atoms with Crippen LogP contribution in [0.2, 0.25) is 0 Å². The van der Waals surface area contributed by atoms with E-state index in [4.69, 9.17) is 15.1 Å². The zero-order valence-electron chi connectivity index (χ0n) is 18.8. The van der Waals surface area contributed by atoms with Crippen molar-refractivity contribution in [3.8, 4) is 0 Å². The molecule has 2 fully saturated rings. The van der Waals surface area contributed by atoms with Crippen LogP contribution in [0.25, 0.3) is 5.57 Å². The van der Waals surface area contributed by atoms with Crippen LogP contribution in [0.15, 0.2) is 24.3 Å². The Kier molecular flexibility index (Phi) is 7.03. The van der Waals surface area contributed by atoms with Gasteiger partial charge in [-0.1, -0.05) is 19.1 Å². The SMILES string of the molecule is CCc1c(F)cccc1Cc1[nH]c(/C(C)=C\C(=N)N2CCOCC2)nc1CN1CC(O)C1. The zero-order chi connectivity index (χ0) is 22.7. The van der Waals surface area contributed by atoms with Crippen LogP contribution in [0.3, 0.4) is 0 Å². The minimum absolute atomic E-state index is 0.174. The minimum Gasteiger partial charge on any atom is -0.390 e. The van der Waals surface area contributed by atoms with Crippen LogP contribution in [0.1, 0.15) is 42.2 Å². The summed E-state index contributed by atoms with van der Waals surface area (Å²) in [6, 6.07) is 5.23. The number of imidazole rings is 1. The molecule has 32 heavy (non-hydrogen) atoms. The number of aliphatic hydroxyl groups excluding tert-OH is 1. The maximum Gasteiger partial charge on any atom is 0.133 e. The first-order valence-electron chi connectivity index (χ1n) is 11.3. The second-order valence-corrected chi connectivity index (χ2v) is 8.58. The molecule has 0 bridgehead atoms. The number of aliphatic hydroxyl groups is 1. The monoisotopic (exact) mass is 441 g/mol. The van der Waals surface area contributed by atoms with Crippen LogP contribution in [-0.2, 0) is 24.1 Å². The molecule has 2 aliphatic rings. The van der Waals surface area contributed by atoms with Gasteiger partial charge in [-0.15, -0.1) is 0 Å². The molecule has 3 N–H and O–H groups in total. The lowest BCUT2D eigenvalue weighted by Crippen LogP contribution is -2.50. The third kappa shape index (κ3) is 5.09. The van der Waals surface area contributed by atoms with Gasteiger partial charge >= 0.3 is 0 Å². The Morgan fingerprint density at radius 3 is 2.78 bits per heavy atom. The van der Waals surface area contributed by atoms with Crippen molar-refractivity contribution in [1.29, 1.82) is 5.41 Å². The van der Waals surface area contributed by atoms with Crippen molar-refractivity contribution in [1.82, 2.24) is 19.8 Å². The standard InChI is InChI=1S/C24H32FN5O2/c1-3-19-17(5-4-6-20(19)25)12-21-22(15-29-13-18(31)14-29)28-24(27-21)16(2)11-23(26)30-7-9-32-10-8-30/h4-6,11,18,26,31H,3,7-10,12-15H2,1-2H3,(H,27,28)/b16-11-,26-23?. The summed E-state index contributed by atoms with van der Waals surface area (Å²) in [7, 11) is 0. The van der Waals surface area contributed by atoms with Gasteiger partial charge in [-0.2, -0.15) is 0 Å². The third-order valence-electron chi connectivity index (χ3n) is 6.19. The fraction of sp³-hybridized carbons (Fsp3) is 0.500. The Labute approximate surface area is 188 Å². The van der Waals surface area contributed by atoms with Crippen LogP contribution in [0.4, 0.5) is 4.39 Å². The molecule has 4 rings (SSSR count). The maximum absolute atomic E-state index is 14.3. The fourth-order valence-electron chi connectivity index (χ4n) is 4.32. The molecular weight excluding hydrogens is 409 g/mol. The minimum atomic E-state index is -0.276. The molecule has 0 amide bonds. The summed E-state index contributed by atoms with van der Waals surface area (Å²) in [6.45, 7) is 8.53. The number of benzene rings is 1. The molecule has 172 valence electrons. The summed E-state index contributed by atoms with van der Waals surface area (Å²) in [6.07, 6.45) is 2.76. The summed E-state index contributed by atoms with van der Waals surface area (Å²) in [5.41, 5.74) is 4.43. The normalized spacial score (nSPS) is 18.1. The van der Waals surface area contributed by atoms with Gasteiger partial charge in [0.15, 0.2) is 0 Å². The molecule has 7 nitrogen and oxygen atoms in total. The van der Waals surface area contributed by atoms with Gasteiger partial charge in [-0.25, -0.2) is 9.37 Å². The quantitative estimate of drug-likeness (QED) is 0.454. The van der Waals surface area contributed by atoms with E-state index in [1.807, 2.05) is 30.9 Å². The molecule has 0 atom stereocenters. The second-order valence-electron chi connectivity index (χ2n) is 8.58. The van der Waals surface area contributed by atoms with Gasteiger partial charge in [0, 0.05) is 44.8 Å². The number of likely N-dealkylation sites (tertiary alicyclic amines) is 1. The molecule has 2 saturated heterocycles. The fourth-order valence-corrected chi connectivity index (χ4v) is 4.32. The molecule has 1 aromatic heterocycles. The molecule has 1 aromatic carbocycles. The highest BCUT2D eigenvalue weighted by molar-refractivity contribution is 5.96. The first-order valence-corrected chi connectivity index (χ1v) is 11.3. The smallest absolute Gasteiger partial charge is 0.133 e. The van der Waals surface area contributed by atoms with E-state index in [2.05, 4.69) is 9.88 Å². The van der Waals surface area contributed by atoms with Gasteiger partial charge in [0.25, 0.3) is 0 Å². The number of nitrogens with zero attached hydrogens (tertiary/aromatic N) is 3. The maximum atomic E-state index is 14.3. The highest BCUT2D eigenvalue weighted by atomic mass is 19.1. The topological polar surface area (TPSA) is 88.5 Å². The number of nitrogens with one attached hydrogen (secondary N) is 2. The van der Waals surface area contributed by atoms with Crippen molar-refractivity contribution < 1.29 is 14.2 Å². The Morgan fingerprint density at radius 2 is 2.09 bits per heavy atom. The molecule has 0 spiro atoms. The van der Waals surface area contributed by atoms with Gasteiger partial charge in [-0.3, -0.25) is 10.3 Å². The molecule has 2 aliphatic heterocycles. The Bertz CT molecular complexity index is 990. The van der Waals surface area contributed by atoms with Crippen molar-refractivity contribution in [2.75, 3.05) is 39.4 Å². The Hall–Kier alpha value is -2.55. The number of hydrogen-bond acceptors (Lipinski definition) is 5. The van der Waals surface area contributed by atoms with E-state index in [1.54, 1.807) is 6.07 Å². The number of amidine groups is 1. The third-order valence-corrected chi connectivity index (χ3v) is 6.19. The van der Waals surface area contributed by atoms with E-state index in [0.717, 1.165) is 33.9 Å². The van der Waals surface area contributed by atoms with Crippen LogP contribution in [0.5, 0.6) is 0 Å². The average molecular weight is 442 g/mol. The van der Waals surface area contributed by atoms with Gasteiger partial charge in [0.2, 0.25) is 0 Å². The van der Waals surface area contributed by atoms with Crippen LogP contribution >= 0.6 is 0 Å². The van der Waals surface area contributed by atoms with Crippen LogP contribution in [-0.4, -0.2) is 76.2 Å². The highest BCUT2D eigenvalue weighted by Crippen LogP contribution is 2.23. The molecule has 0 saturated carbocycles. The Balaban J connectivity index is 1.59. The van der Waals surface area contributed by atoms with Crippen LogP contribution in [0, 0.1) is 11.2 Å². The number of β-amino-alcohol motifs (C(OH)–C–C–N with tert-alkyl or cyclic N) is 1. The molecule has 8 heteroatoms. The first kappa shape index (κ1) is 22.6. The number of halogens is 1. The van der Waals surface area contributed by atoms with Crippen molar-refractivity contribution >= 4 is 11.4 Å². The zero-order valence-corrected chi connectivity index (χ0v) is 18.8. The largest absolute Gasteiger partial charge is 0.390 e. The molecule has 3 heterocycles. The second kappa shape index (κ2) is 9.94. The number of rotatable bonds is 7. The summed E-state index contributed by atoms with van der Waals surface area (Å²) >= 11 is 0. The average Bonchev–Trinajstić information content (AvgIpc) is 3.16. The number of H-pyrrole nitrogens is 1. The van der Waals surface area contributed by atoms with E-state index in [-0.39, 0.29) is 11.9 Å². The van der Waals surface area contributed by atoms with E-state index in [0.29, 0.717) is 64.6 Å². The van der Waals surface area contributed by atoms with E-state index in [1.165, 1.54) is 6.07 Å². The molecular formula is C24H32FN5O2. The number of allylic oxidation sites excluding steroid dienone is 1. The number of hydrogen-bond donors (Lipinski definition) is 3. The van der Waals surface area contributed by atoms with Crippen molar-refractivity contribution in [2.45, 2.75) is 39.3 Å². The lowest BCUT2D eigenvalue weighted by molar-refractivity contribution is -0.00362. The number of aromatic amines is 1. The van der Waals surface area contributed by atoms with Gasteiger partial charge in [-0.05, 0) is 42.2 Å². The van der Waals surface area contributed by atoms with Crippen molar-refractivity contribution in [3.05, 3.63) is 58.4 Å². The highest BCUT2D eigenvalue weighted by Gasteiger charge is 2.26. The summed E-state index contributed by atoms with van der Waals surface area (Å²) in [5.74, 6) is 1.00. The number of aromatic nitrogens is 2. The van der Waals surface area contributed by atoms with Gasteiger partial charge in [0.1, 0.15) is 17.5 Å². The van der Waals surface area contributed by atoms with E-state index >= 15 is 0 Å². The summed E-state index contributed by atoms with van der Waals surface area (Å²) < 4.78 is 19.7. The van der Waals surface area contributed by atoms with Crippen molar-refractivity contribution in [2.24, 2.45) is 0 Å². The lowest BCUT2D eigenvalue weighted by Gasteiger charge is -2.35. The summed E-state index contributed by atoms with van der Waals surface area (Å²) in [4.78, 5) is 12.4. The molecule has 0 radical (unpaired) electrons. The van der Waals surface area contributed by atoms with E-state index < -0.39 is 0 Å². The number of morpholine rings is 1. The lowest BCUT2D eigenvalue weighted by atomic mass is 9.99. The van der Waals surface area contributed by atoms with Gasteiger partial charge in [0.05, 0.1) is 25.0 Å². The predicted octanol–water partition coefficient (Wildman–Crippen LogP) is 2.59. The van der Waals surface area contributed by atoms with E-state index in [9.17, 15) is 9.50 Å². The first-order chi connectivity index (χ1) is 15.4. The summed E-state index contributed by atoms with van der Waals surface area (Å²) in [5, 5.41) is 18.1.